The molecule has 0 aromatic carbocycles. The molecule has 0 spiro atoms. The standard InChI is InChI=1S/C11H22ClNO3S/c1-16-8-11(12)7-13-17(14,15)9-10-5-3-2-4-6-10/h10-11,13H,2-9H2,1H3. The third-order valence-electron chi connectivity index (χ3n) is 3.05. The Morgan fingerprint density at radius 2 is 2.00 bits per heavy atom. The minimum absolute atomic E-state index is 0.240. The zero-order chi connectivity index (χ0) is 12.7. The van der Waals surface area contributed by atoms with Gasteiger partial charge in [-0.1, -0.05) is 19.3 Å². The van der Waals surface area contributed by atoms with Crippen LogP contribution in [0.3, 0.4) is 0 Å². The monoisotopic (exact) mass is 283 g/mol. The number of halogens is 1. The molecular weight excluding hydrogens is 262 g/mol. The van der Waals surface area contributed by atoms with Gasteiger partial charge in [-0.2, -0.15) is 0 Å². The van der Waals surface area contributed by atoms with Crippen molar-refractivity contribution in [3.05, 3.63) is 0 Å². The molecule has 1 unspecified atom stereocenters. The molecule has 0 aromatic heterocycles. The molecule has 0 bridgehead atoms. The number of hydrogen-bond acceptors (Lipinski definition) is 3. The lowest BCUT2D eigenvalue weighted by atomic mass is 9.91. The third kappa shape index (κ3) is 6.60. The van der Waals surface area contributed by atoms with Crippen LogP contribution in [0.2, 0.25) is 0 Å². The fourth-order valence-electron chi connectivity index (χ4n) is 2.18. The second-order valence-corrected chi connectivity index (χ2v) is 7.16. The fraction of sp³-hybridized carbons (Fsp3) is 1.00. The molecule has 4 nitrogen and oxygen atoms in total. The first kappa shape index (κ1) is 15.2. The molecule has 17 heavy (non-hydrogen) atoms. The molecule has 0 heterocycles. The van der Waals surface area contributed by atoms with Gasteiger partial charge in [-0.15, -0.1) is 11.6 Å². The average Bonchev–Trinajstić information content (AvgIpc) is 2.28. The molecule has 6 heteroatoms. The Bertz CT molecular complexity index is 302. The van der Waals surface area contributed by atoms with Crippen LogP contribution in [0.15, 0.2) is 0 Å². The molecular formula is C11H22ClNO3S. The van der Waals surface area contributed by atoms with E-state index in [1.54, 1.807) is 7.11 Å². The lowest BCUT2D eigenvalue weighted by Crippen LogP contribution is -2.35. The summed E-state index contributed by atoms with van der Waals surface area (Å²) in [6.07, 6.45) is 5.61. The number of ether oxygens (including phenoxy) is 1. The van der Waals surface area contributed by atoms with Crippen LogP contribution in [-0.4, -0.2) is 39.8 Å². The van der Waals surface area contributed by atoms with Crippen LogP contribution in [0, 0.1) is 5.92 Å². The summed E-state index contributed by atoms with van der Waals surface area (Å²) >= 11 is 5.88. The molecule has 0 saturated heterocycles. The summed E-state index contributed by atoms with van der Waals surface area (Å²) < 4.78 is 31.0. The predicted octanol–water partition coefficient (Wildman–Crippen LogP) is 1.74. The van der Waals surface area contributed by atoms with E-state index >= 15 is 0 Å². The van der Waals surface area contributed by atoms with Crippen molar-refractivity contribution < 1.29 is 13.2 Å². The van der Waals surface area contributed by atoms with E-state index < -0.39 is 10.0 Å². The van der Waals surface area contributed by atoms with Gasteiger partial charge in [-0.05, 0) is 18.8 Å². The minimum atomic E-state index is -3.18. The molecule has 1 N–H and O–H groups in total. The highest BCUT2D eigenvalue weighted by Gasteiger charge is 2.21. The van der Waals surface area contributed by atoms with Gasteiger partial charge < -0.3 is 4.74 Å². The number of sulfonamides is 1. The molecule has 0 radical (unpaired) electrons. The van der Waals surface area contributed by atoms with Crippen molar-refractivity contribution in [2.24, 2.45) is 5.92 Å². The van der Waals surface area contributed by atoms with Crippen molar-refractivity contribution in [3.63, 3.8) is 0 Å². The van der Waals surface area contributed by atoms with Gasteiger partial charge in [0.1, 0.15) is 0 Å². The Balaban J connectivity index is 2.29. The average molecular weight is 284 g/mol. The van der Waals surface area contributed by atoms with Gasteiger partial charge in [0, 0.05) is 13.7 Å². The maximum atomic E-state index is 11.8. The fourth-order valence-corrected chi connectivity index (χ4v) is 4.00. The number of rotatable bonds is 7. The van der Waals surface area contributed by atoms with Crippen molar-refractivity contribution >= 4 is 21.6 Å². The SMILES string of the molecule is COCC(Cl)CNS(=O)(=O)CC1CCCCC1. The number of hydrogen-bond donors (Lipinski definition) is 1. The van der Waals surface area contributed by atoms with Crippen LogP contribution in [0.4, 0.5) is 0 Å². The van der Waals surface area contributed by atoms with Crippen LogP contribution >= 0.6 is 11.6 Å². The first-order valence-electron chi connectivity index (χ1n) is 6.14. The van der Waals surface area contributed by atoms with Gasteiger partial charge in [0.05, 0.1) is 17.7 Å². The van der Waals surface area contributed by atoms with Crippen LogP contribution in [0.25, 0.3) is 0 Å². The molecule has 0 amide bonds. The molecule has 1 aliphatic rings. The van der Waals surface area contributed by atoms with Crippen molar-refractivity contribution in [1.82, 2.24) is 4.72 Å². The Hall–Kier alpha value is 0.160. The van der Waals surface area contributed by atoms with Crippen molar-refractivity contribution in [1.29, 1.82) is 0 Å². The van der Waals surface area contributed by atoms with Gasteiger partial charge in [0.2, 0.25) is 10.0 Å². The molecule has 102 valence electrons. The molecule has 0 aromatic rings. The summed E-state index contributed by atoms with van der Waals surface area (Å²) in [5, 5.41) is -0.305. The van der Waals surface area contributed by atoms with Crippen molar-refractivity contribution in [2.45, 2.75) is 37.5 Å². The second-order valence-electron chi connectivity index (χ2n) is 4.69. The zero-order valence-electron chi connectivity index (χ0n) is 10.3. The van der Waals surface area contributed by atoms with Crippen molar-refractivity contribution in [2.75, 3.05) is 26.0 Å². The van der Waals surface area contributed by atoms with Gasteiger partial charge in [0.25, 0.3) is 0 Å². The summed E-state index contributed by atoms with van der Waals surface area (Å²) in [6.45, 7) is 0.595. The second kappa shape index (κ2) is 7.56. The summed E-state index contributed by atoms with van der Waals surface area (Å²) in [4.78, 5) is 0. The molecule has 1 saturated carbocycles. The third-order valence-corrected chi connectivity index (χ3v) is 4.85. The summed E-state index contributed by atoms with van der Waals surface area (Å²) in [6, 6.07) is 0. The van der Waals surface area contributed by atoms with Gasteiger partial charge in [-0.3, -0.25) is 0 Å². The van der Waals surface area contributed by atoms with E-state index in [1.807, 2.05) is 0 Å². The normalized spacial score (nSPS) is 20.4. The Morgan fingerprint density at radius 3 is 2.59 bits per heavy atom. The molecule has 1 fully saturated rings. The van der Waals surface area contributed by atoms with E-state index in [1.165, 1.54) is 6.42 Å². The van der Waals surface area contributed by atoms with Gasteiger partial charge >= 0.3 is 0 Å². The van der Waals surface area contributed by atoms with Crippen LogP contribution in [0.5, 0.6) is 0 Å². The lowest BCUT2D eigenvalue weighted by Gasteiger charge is -2.21. The van der Waals surface area contributed by atoms with E-state index in [-0.39, 0.29) is 17.7 Å². The maximum Gasteiger partial charge on any atom is 0.211 e. The summed E-state index contributed by atoms with van der Waals surface area (Å²) in [5.74, 6) is 0.557. The van der Waals surface area contributed by atoms with E-state index in [2.05, 4.69) is 4.72 Å². The van der Waals surface area contributed by atoms with Crippen LogP contribution in [0.1, 0.15) is 32.1 Å². The first-order valence-corrected chi connectivity index (χ1v) is 8.22. The Labute approximate surface area is 109 Å². The quantitative estimate of drug-likeness (QED) is 0.724. The molecule has 1 aliphatic carbocycles. The zero-order valence-corrected chi connectivity index (χ0v) is 11.9. The largest absolute Gasteiger partial charge is 0.383 e. The number of nitrogens with one attached hydrogen (secondary N) is 1. The van der Waals surface area contributed by atoms with E-state index in [9.17, 15) is 8.42 Å². The lowest BCUT2D eigenvalue weighted by molar-refractivity contribution is 0.198. The van der Waals surface area contributed by atoms with E-state index in [0.717, 1.165) is 25.7 Å². The maximum absolute atomic E-state index is 11.8. The Kier molecular flexibility index (Phi) is 6.77. The van der Waals surface area contributed by atoms with Crippen LogP contribution in [-0.2, 0) is 14.8 Å². The highest BCUT2D eigenvalue weighted by Crippen LogP contribution is 2.24. The van der Waals surface area contributed by atoms with E-state index in [4.69, 9.17) is 16.3 Å². The predicted molar refractivity (Wildman–Crippen MR) is 69.9 cm³/mol. The topological polar surface area (TPSA) is 55.4 Å². The van der Waals surface area contributed by atoms with Gasteiger partial charge in [0.15, 0.2) is 0 Å². The first-order chi connectivity index (χ1) is 8.03. The number of methoxy groups -OCH3 is 1. The van der Waals surface area contributed by atoms with Crippen molar-refractivity contribution in [3.8, 4) is 0 Å². The summed E-state index contributed by atoms with van der Waals surface area (Å²) in [7, 11) is -1.64. The highest BCUT2D eigenvalue weighted by atomic mass is 35.5. The van der Waals surface area contributed by atoms with Gasteiger partial charge in [-0.25, -0.2) is 13.1 Å². The highest BCUT2D eigenvalue weighted by molar-refractivity contribution is 7.89. The Morgan fingerprint density at radius 1 is 1.35 bits per heavy atom. The minimum Gasteiger partial charge on any atom is -0.383 e. The van der Waals surface area contributed by atoms with Crippen LogP contribution < -0.4 is 4.72 Å². The smallest absolute Gasteiger partial charge is 0.211 e. The molecule has 1 atom stereocenters. The molecule has 1 rings (SSSR count). The molecule has 0 aliphatic heterocycles. The summed E-state index contributed by atoms with van der Waals surface area (Å²) in [5.41, 5.74) is 0. The number of alkyl halides is 1. The van der Waals surface area contributed by atoms with E-state index in [0.29, 0.717) is 12.5 Å².